The Hall–Kier alpha value is -0.370. The molecule has 0 bridgehead atoms. The van der Waals surface area contributed by atoms with E-state index in [1.807, 2.05) is 0 Å². The van der Waals surface area contributed by atoms with Crippen LogP contribution in [0.3, 0.4) is 0 Å². The van der Waals surface area contributed by atoms with E-state index in [0.717, 1.165) is 6.42 Å². The lowest BCUT2D eigenvalue weighted by molar-refractivity contribution is -0.125. The molecule has 0 aromatic heterocycles. The van der Waals surface area contributed by atoms with Crippen molar-refractivity contribution >= 4 is 5.78 Å². The van der Waals surface area contributed by atoms with Crippen LogP contribution in [0.1, 0.15) is 47.0 Å². The Kier molecular flexibility index (Phi) is 5.97. The van der Waals surface area contributed by atoms with Crippen LogP contribution in [-0.2, 0) is 4.79 Å². The number of carbonyl (C=O) groups is 1. The van der Waals surface area contributed by atoms with Gasteiger partial charge in [0.15, 0.2) is 5.78 Å². The van der Waals surface area contributed by atoms with Crippen molar-refractivity contribution in [3.8, 4) is 0 Å². The molecular formula is C11H22O2. The van der Waals surface area contributed by atoms with E-state index in [-0.39, 0.29) is 5.78 Å². The topological polar surface area (TPSA) is 37.3 Å². The van der Waals surface area contributed by atoms with E-state index < -0.39 is 6.10 Å². The zero-order valence-electron chi connectivity index (χ0n) is 9.21. The monoisotopic (exact) mass is 186 g/mol. The minimum absolute atomic E-state index is 0.115. The van der Waals surface area contributed by atoms with Crippen molar-refractivity contribution in [2.24, 2.45) is 11.8 Å². The van der Waals surface area contributed by atoms with Gasteiger partial charge in [-0.1, -0.05) is 27.2 Å². The Labute approximate surface area is 81.3 Å². The second kappa shape index (κ2) is 6.14. The zero-order valence-corrected chi connectivity index (χ0v) is 9.21. The summed E-state index contributed by atoms with van der Waals surface area (Å²) in [6.45, 7) is 7.91. The molecule has 0 aliphatic rings. The van der Waals surface area contributed by atoms with E-state index in [2.05, 4.69) is 20.8 Å². The highest BCUT2D eigenvalue weighted by atomic mass is 16.3. The maximum Gasteiger partial charge on any atom is 0.158 e. The third-order valence-corrected chi connectivity index (χ3v) is 2.60. The first-order valence-corrected chi connectivity index (χ1v) is 5.15. The van der Waals surface area contributed by atoms with E-state index in [9.17, 15) is 9.90 Å². The molecule has 13 heavy (non-hydrogen) atoms. The Bertz CT molecular complexity index is 154. The molecule has 0 saturated carbocycles. The van der Waals surface area contributed by atoms with Crippen molar-refractivity contribution in [1.82, 2.24) is 0 Å². The molecule has 0 fully saturated rings. The van der Waals surface area contributed by atoms with Crippen molar-refractivity contribution in [3.05, 3.63) is 0 Å². The zero-order chi connectivity index (χ0) is 10.4. The van der Waals surface area contributed by atoms with E-state index in [0.29, 0.717) is 18.3 Å². The molecule has 1 N–H and O–H groups in total. The molecule has 0 spiro atoms. The van der Waals surface area contributed by atoms with E-state index in [4.69, 9.17) is 0 Å². The molecule has 3 atom stereocenters. The third kappa shape index (κ3) is 5.81. The predicted molar refractivity (Wildman–Crippen MR) is 54.5 cm³/mol. The Morgan fingerprint density at radius 1 is 1.23 bits per heavy atom. The van der Waals surface area contributed by atoms with Crippen molar-refractivity contribution in [2.75, 3.05) is 0 Å². The second-order valence-electron chi connectivity index (χ2n) is 4.22. The van der Waals surface area contributed by atoms with Crippen molar-refractivity contribution in [2.45, 2.75) is 53.1 Å². The minimum atomic E-state index is -0.751. The fourth-order valence-corrected chi connectivity index (χ4v) is 1.50. The van der Waals surface area contributed by atoms with Gasteiger partial charge in [-0.25, -0.2) is 0 Å². The van der Waals surface area contributed by atoms with Gasteiger partial charge in [0.25, 0.3) is 0 Å². The quantitative estimate of drug-likeness (QED) is 0.691. The molecule has 0 amide bonds. The first-order chi connectivity index (χ1) is 5.97. The molecule has 2 heteroatoms. The summed E-state index contributed by atoms with van der Waals surface area (Å²) in [5.41, 5.74) is 0. The van der Waals surface area contributed by atoms with Gasteiger partial charge < -0.3 is 5.11 Å². The minimum Gasteiger partial charge on any atom is -0.385 e. The summed E-state index contributed by atoms with van der Waals surface area (Å²) in [5.74, 6) is 1.01. The number of hydrogen-bond donors (Lipinski definition) is 1. The fraction of sp³-hybridized carbons (Fsp3) is 0.909. The van der Waals surface area contributed by atoms with Crippen LogP contribution < -0.4 is 0 Å². The van der Waals surface area contributed by atoms with Crippen LogP contribution in [0, 0.1) is 11.8 Å². The van der Waals surface area contributed by atoms with Gasteiger partial charge in [0.05, 0.1) is 0 Å². The van der Waals surface area contributed by atoms with E-state index >= 15 is 0 Å². The average molecular weight is 186 g/mol. The third-order valence-electron chi connectivity index (χ3n) is 2.60. The normalized spacial score (nSPS) is 17.9. The van der Waals surface area contributed by atoms with Crippen LogP contribution in [0.25, 0.3) is 0 Å². The summed E-state index contributed by atoms with van der Waals surface area (Å²) in [6.07, 6.45) is 2.13. The maximum atomic E-state index is 10.8. The molecular weight excluding hydrogens is 164 g/mol. The van der Waals surface area contributed by atoms with Crippen LogP contribution >= 0.6 is 0 Å². The molecule has 0 aromatic rings. The van der Waals surface area contributed by atoms with Gasteiger partial charge in [-0.3, -0.25) is 4.79 Å². The van der Waals surface area contributed by atoms with Gasteiger partial charge >= 0.3 is 0 Å². The summed E-state index contributed by atoms with van der Waals surface area (Å²) < 4.78 is 0. The maximum absolute atomic E-state index is 10.8. The number of aliphatic hydroxyl groups excluding tert-OH is 1. The smallest absolute Gasteiger partial charge is 0.158 e. The average Bonchev–Trinajstić information content (AvgIpc) is 2.03. The number of rotatable bonds is 6. The summed E-state index contributed by atoms with van der Waals surface area (Å²) >= 11 is 0. The highest BCUT2D eigenvalue weighted by molar-refractivity contribution is 5.80. The van der Waals surface area contributed by atoms with Gasteiger partial charge in [0.2, 0.25) is 0 Å². The van der Waals surface area contributed by atoms with Crippen LogP contribution in [0.2, 0.25) is 0 Å². The highest BCUT2D eigenvalue weighted by Gasteiger charge is 2.15. The van der Waals surface area contributed by atoms with Gasteiger partial charge in [-0.15, -0.1) is 0 Å². The van der Waals surface area contributed by atoms with E-state index in [1.165, 1.54) is 13.3 Å². The van der Waals surface area contributed by atoms with Crippen molar-refractivity contribution < 1.29 is 9.90 Å². The molecule has 0 radical (unpaired) electrons. The van der Waals surface area contributed by atoms with Crippen molar-refractivity contribution in [1.29, 1.82) is 0 Å². The van der Waals surface area contributed by atoms with Gasteiger partial charge in [-0.05, 0) is 31.6 Å². The molecule has 0 saturated heterocycles. The first kappa shape index (κ1) is 12.6. The molecule has 0 aliphatic carbocycles. The summed E-state index contributed by atoms with van der Waals surface area (Å²) in [4.78, 5) is 10.8. The molecule has 0 aromatic carbocycles. The van der Waals surface area contributed by atoms with Crippen LogP contribution in [-0.4, -0.2) is 17.0 Å². The number of ketones is 1. The van der Waals surface area contributed by atoms with Gasteiger partial charge in [0.1, 0.15) is 6.10 Å². The lowest BCUT2D eigenvalue weighted by Gasteiger charge is -2.17. The summed E-state index contributed by atoms with van der Waals surface area (Å²) in [6, 6.07) is 0. The molecule has 78 valence electrons. The summed E-state index contributed by atoms with van der Waals surface area (Å²) in [7, 11) is 0. The summed E-state index contributed by atoms with van der Waals surface area (Å²) in [5, 5.41) is 9.33. The van der Waals surface area contributed by atoms with Crippen LogP contribution in [0.5, 0.6) is 0 Å². The Balaban J connectivity index is 3.73. The van der Waals surface area contributed by atoms with Gasteiger partial charge in [-0.2, -0.15) is 0 Å². The van der Waals surface area contributed by atoms with E-state index in [1.54, 1.807) is 0 Å². The fourth-order valence-electron chi connectivity index (χ4n) is 1.50. The Morgan fingerprint density at radius 2 is 1.77 bits per heavy atom. The number of carbonyl (C=O) groups excluding carboxylic acids is 1. The first-order valence-electron chi connectivity index (χ1n) is 5.15. The number of Topliss-reactive ketones (excluding diaryl/α,β-unsaturated/α-hetero) is 1. The number of hydrogen-bond acceptors (Lipinski definition) is 2. The van der Waals surface area contributed by atoms with Gasteiger partial charge in [0, 0.05) is 0 Å². The second-order valence-corrected chi connectivity index (χ2v) is 4.22. The lowest BCUT2D eigenvalue weighted by atomic mass is 9.90. The largest absolute Gasteiger partial charge is 0.385 e. The molecule has 3 unspecified atom stereocenters. The molecule has 0 rings (SSSR count). The Morgan fingerprint density at radius 3 is 2.15 bits per heavy atom. The van der Waals surface area contributed by atoms with Crippen molar-refractivity contribution in [3.63, 3.8) is 0 Å². The molecule has 0 heterocycles. The molecule has 2 nitrogen and oxygen atoms in total. The molecule has 0 aliphatic heterocycles. The lowest BCUT2D eigenvalue weighted by Crippen LogP contribution is -2.20. The standard InChI is InChI=1S/C11H22O2/c1-5-8(2)6-9(3)7-11(13)10(4)12/h8-9,11,13H,5-7H2,1-4H3. The predicted octanol–water partition coefficient (Wildman–Crippen LogP) is 2.40. The van der Waals surface area contributed by atoms with Crippen LogP contribution in [0.15, 0.2) is 0 Å². The number of aliphatic hydroxyl groups is 1. The SMILES string of the molecule is CCC(C)CC(C)CC(O)C(C)=O. The van der Waals surface area contributed by atoms with Crippen LogP contribution in [0.4, 0.5) is 0 Å². The highest BCUT2D eigenvalue weighted by Crippen LogP contribution is 2.19.